The van der Waals surface area contributed by atoms with Crippen molar-refractivity contribution in [2.24, 2.45) is 5.14 Å². The van der Waals surface area contributed by atoms with Crippen LogP contribution >= 0.6 is 0 Å². The van der Waals surface area contributed by atoms with Gasteiger partial charge >= 0.3 is 126 Å². The minimum absolute atomic E-state index is 0.109. The minimum Gasteiger partial charge on any atom is -0.0389 e. The normalized spacial score (nSPS) is 12.9. The number of carbonyl (C=O) groups excluding carboxylic acids is 1. The summed E-state index contributed by atoms with van der Waals surface area (Å²) in [6.45, 7) is 2.67. The molecule has 0 saturated heterocycles. The third-order valence-corrected chi connectivity index (χ3v) is 8.00. The number of nitrogens with two attached hydrogens (primary N) is 1. The van der Waals surface area contributed by atoms with Gasteiger partial charge in [-0.3, -0.25) is 0 Å². The van der Waals surface area contributed by atoms with Crippen molar-refractivity contribution in [1.82, 2.24) is 5.32 Å². The van der Waals surface area contributed by atoms with E-state index in [2.05, 4.69) is 5.32 Å². The number of phenols is 1. The second-order valence-electron chi connectivity index (χ2n) is 8.38. The third kappa shape index (κ3) is 11.7. The number of ether oxygens (including phenoxy) is 1. The van der Waals surface area contributed by atoms with E-state index < -0.39 is 31.9 Å². The summed E-state index contributed by atoms with van der Waals surface area (Å²) in [5.41, 5.74) is 1.67. The molecule has 2 rings (SSSR count). The molecule has 1 atom stereocenters. The van der Waals surface area contributed by atoms with Crippen molar-refractivity contribution >= 4 is 35.2 Å². The zero-order valence-electron chi connectivity index (χ0n) is 19.9. The molecule has 0 fully saturated rings. The molecule has 0 bridgehead atoms. The van der Waals surface area contributed by atoms with Gasteiger partial charge in [-0.15, -0.1) is 0 Å². The number of aryl methyl sites for hydroxylation is 1. The van der Waals surface area contributed by atoms with Crippen molar-refractivity contribution in [2.45, 2.75) is 55.9 Å². The summed E-state index contributed by atoms with van der Waals surface area (Å²) in [5.74, 6) is 0.109. The molecule has 0 aromatic heterocycles. The quantitative estimate of drug-likeness (QED) is 0.122. The van der Waals surface area contributed by atoms with Crippen molar-refractivity contribution < 1.29 is 28.2 Å². The topological polar surface area (TPSA) is 139 Å². The maximum absolute atomic E-state index is 11.4. The molecule has 8 nitrogen and oxygen atoms in total. The molecule has 2 aromatic carbocycles. The Balaban J connectivity index is 1.45. The summed E-state index contributed by atoms with van der Waals surface area (Å²) in [6, 6.07) is 11.7. The number of unbranched alkanes of at least 4 members (excludes halogenated alkanes) is 4. The van der Waals surface area contributed by atoms with Crippen LogP contribution in [0, 0.1) is 0 Å². The van der Waals surface area contributed by atoms with Gasteiger partial charge in [0, 0.05) is 6.61 Å². The average Bonchev–Trinajstić information content (AvgIpc) is 2.83. The third-order valence-electron chi connectivity index (χ3n) is 5.54. The summed E-state index contributed by atoms with van der Waals surface area (Å²) in [4.78, 5) is 10.9. The molecule has 0 amide bonds. The molecular weight excluding hydrogens is 531 g/mol. The number of primary sulfonamides is 1. The average molecular weight is 568 g/mol. The van der Waals surface area contributed by atoms with E-state index >= 15 is 0 Å². The molecule has 193 valence electrons. The van der Waals surface area contributed by atoms with Gasteiger partial charge in [-0.2, -0.15) is 0 Å². The van der Waals surface area contributed by atoms with E-state index in [0.29, 0.717) is 23.1 Å². The minimum atomic E-state index is -3.66. The molecule has 0 unspecified atom stereocenters. The number of sulfonamides is 1. The molecule has 0 aliphatic heterocycles. The van der Waals surface area contributed by atoms with E-state index in [4.69, 9.17) is 9.88 Å². The summed E-state index contributed by atoms with van der Waals surface area (Å²) in [6.07, 6.45) is 6.16. The number of carbonyl (C=O) groups is 1. The number of phenolic OH excluding ortho intramolecular Hbond substituents is 1. The molecule has 35 heavy (non-hydrogen) atoms. The number of aliphatic hydroxyl groups is 1. The largest absolute Gasteiger partial charge is 0.0389 e. The van der Waals surface area contributed by atoms with Crippen LogP contribution in [0.2, 0.25) is 0 Å². The molecule has 1 radical (unpaired) electrons. The second-order valence-corrected chi connectivity index (χ2v) is 11.9. The van der Waals surface area contributed by atoms with Crippen molar-refractivity contribution in [3.63, 3.8) is 0 Å². The number of aromatic hydroxyl groups is 1. The molecule has 0 aliphatic rings. The molecule has 0 heterocycles. The van der Waals surface area contributed by atoms with Crippen LogP contribution in [0.3, 0.4) is 0 Å². The van der Waals surface area contributed by atoms with Crippen LogP contribution < -0.4 is 14.8 Å². The van der Waals surface area contributed by atoms with Crippen LogP contribution in [0.5, 0.6) is 5.75 Å². The van der Waals surface area contributed by atoms with Gasteiger partial charge in [-0.05, 0) is 37.0 Å². The smallest absolute Gasteiger partial charge is 0.0389 e. The van der Waals surface area contributed by atoms with Crippen molar-refractivity contribution in [1.29, 1.82) is 0 Å². The maximum atomic E-state index is 11.4. The van der Waals surface area contributed by atoms with Gasteiger partial charge < -0.3 is 4.74 Å². The number of rotatable bonds is 18. The van der Waals surface area contributed by atoms with Crippen LogP contribution in [0.4, 0.5) is 0 Å². The fourth-order valence-electron chi connectivity index (χ4n) is 3.59. The Morgan fingerprint density at radius 1 is 1.03 bits per heavy atom. The van der Waals surface area contributed by atoms with Gasteiger partial charge in [0.15, 0.2) is 0 Å². The van der Waals surface area contributed by atoms with Gasteiger partial charge in [0.2, 0.25) is 10.0 Å². The first-order valence-electron chi connectivity index (χ1n) is 11.9. The molecule has 10 heteroatoms. The van der Waals surface area contributed by atoms with E-state index in [-0.39, 0.29) is 10.6 Å². The molecule has 0 saturated carbocycles. The SMILES string of the molecule is NS(=O)(=O)c1cccc(CCCCOCCCCCCNC[C@H](O)c2ccc(O)c([As]C=O)c2)c1. The summed E-state index contributed by atoms with van der Waals surface area (Å²) < 4.78 is 29.1. The molecule has 0 aliphatic carbocycles. The van der Waals surface area contributed by atoms with Crippen LogP contribution in [-0.4, -0.2) is 65.8 Å². The summed E-state index contributed by atoms with van der Waals surface area (Å²) in [7, 11) is -3.66. The van der Waals surface area contributed by atoms with E-state index in [9.17, 15) is 23.4 Å². The number of hydrogen-bond acceptors (Lipinski definition) is 7. The number of benzene rings is 2. The fraction of sp³-hybridized carbons (Fsp3) is 0.480. The summed E-state index contributed by atoms with van der Waals surface area (Å²) >= 11 is -0.728. The maximum Gasteiger partial charge on any atom is -0.0389 e. The van der Waals surface area contributed by atoms with E-state index in [1.165, 1.54) is 12.1 Å². The number of nitrogens with one attached hydrogen (secondary N) is 1. The van der Waals surface area contributed by atoms with Crippen molar-refractivity contribution in [3.05, 3.63) is 53.6 Å². The molecular formula is C25H36AsN2O6S. The van der Waals surface area contributed by atoms with Crippen molar-refractivity contribution in [2.75, 3.05) is 26.3 Å². The molecule has 0 spiro atoms. The van der Waals surface area contributed by atoms with Crippen LogP contribution in [0.1, 0.15) is 55.8 Å². The predicted octanol–water partition coefficient (Wildman–Crippen LogP) is 1.78. The van der Waals surface area contributed by atoms with E-state index in [1.807, 2.05) is 6.07 Å². The first-order valence-corrected chi connectivity index (χ1v) is 15.4. The van der Waals surface area contributed by atoms with Gasteiger partial charge in [0.05, 0.1) is 4.90 Å². The number of aliphatic hydroxyl groups excluding tert-OH is 1. The van der Waals surface area contributed by atoms with Crippen LogP contribution in [0.25, 0.3) is 0 Å². The monoisotopic (exact) mass is 567 g/mol. The zero-order chi connectivity index (χ0) is 25.5. The Labute approximate surface area is 215 Å². The zero-order valence-corrected chi connectivity index (χ0v) is 22.6. The van der Waals surface area contributed by atoms with E-state index in [1.54, 1.807) is 24.3 Å². The summed E-state index contributed by atoms with van der Waals surface area (Å²) in [5, 5.41) is 29.3. The Hall–Kier alpha value is -1.74. The predicted molar refractivity (Wildman–Crippen MR) is 138 cm³/mol. The first-order chi connectivity index (χ1) is 16.8. The second kappa shape index (κ2) is 16.1. The fourth-order valence-corrected chi connectivity index (χ4v) is 5.31. The van der Waals surface area contributed by atoms with Crippen LogP contribution in [-0.2, 0) is 26.0 Å². The molecule has 2 aromatic rings. The first kappa shape index (κ1) is 29.5. The van der Waals surface area contributed by atoms with Crippen molar-refractivity contribution in [3.8, 4) is 5.75 Å². The van der Waals surface area contributed by atoms with Gasteiger partial charge in [-0.25, -0.2) is 13.6 Å². The van der Waals surface area contributed by atoms with Gasteiger partial charge in [-0.1, -0.05) is 12.1 Å². The molecule has 5 N–H and O–H groups in total. The van der Waals surface area contributed by atoms with E-state index in [0.717, 1.165) is 68.7 Å². The Kier molecular flexibility index (Phi) is 13.6. The Morgan fingerprint density at radius 3 is 2.51 bits per heavy atom. The Bertz CT molecular complexity index is 1020. The van der Waals surface area contributed by atoms with Crippen LogP contribution in [0.15, 0.2) is 47.4 Å². The van der Waals surface area contributed by atoms with Gasteiger partial charge in [0.1, 0.15) is 0 Å². The standard InChI is InChI=1S/C25H36AsN2O6S/c27-35(32,33)22-10-7-9-20(16-22)8-3-6-15-34-14-5-2-1-4-13-28-18-25(31)21-11-12-24(30)23(17-21)26-19-29/h7,9-12,16-17,19,25,28,30-31H,1-6,8,13-15,18H2,(H2,27,32,33)/t25-/m0/s1. The Morgan fingerprint density at radius 2 is 1.77 bits per heavy atom. The number of hydrogen-bond donors (Lipinski definition) is 4. The van der Waals surface area contributed by atoms with Gasteiger partial charge in [0.25, 0.3) is 0 Å².